The first-order valence-corrected chi connectivity index (χ1v) is 4.50. The van der Waals surface area contributed by atoms with Crippen LogP contribution in [0, 0.1) is 5.92 Å². The second kappa shape index (κ2) is 3.55. The SMILES string of the molecule is NC(=NCCc1ncn[nH]1)C1CC1. The van der Waals surface area contributed by atoms with Gasteiger partial charge in [0.25, 0.3) is 0 Å². The first kappa shape index (κ1) is 8.22. The zero-order chi connectivity index (χ0) is 9.10. The largest absolute Gasteiger partial charge is 0.387 e. The Morgan fingerprint density at radius 2 is 2.54 bits per heavy atom. The highest BCUT2D eigenvalue weighted by Crippen LogP contribution is 2.28. The van der Waals surface area contributed by atoms with Crippen molar-refractivity contribution in [3.05, 3.63) is 12.2 Å². The van der Waals surface area contributed by atoms with Crippen molar-refractivity contribution in [2.45, 2.75) is 19.3 Å². The van der Waals surface area contributed by atoms with E-state index in [2.05, 4.69) is 20.2 Å². The molecular weight excluding hydrogens is 166 g/mol. The number of hydrogen-bond acceptors (Lipinski definition) is 3. The van der Waals surface area contributed by atoms with Crippen molar-refractivity contribution in [3.63, 3.8) is 0 Å². The summed E-state index contributed by atoms with van der Waals surface area (Å²) in [6, 6.07) is 0. The van der Waals surface area contributed by atoms with Crippen molar-refractivity contribution in [2.24, 2.45) is 16.6 Å². The van der Waals surface area contributed by atoms with E-state index >= 15 is 0 Å². The molecule has 0 aliphatic heterocycles. The molecule has 13 heavy (non-hydrogen) atoms. The van der Waals surface area contributed by atoms with Gasteiger partial charge < -0.3 is 5.73 Å². The molecule has 5 nitrogen and oxygen atoms in total. The summed E-state index contributed by atoms with van der Waals surface area (Å²) in [6.45, 7) is 0.706. The Morgan fingerprint density at radius 1 is 1.69 bits per heavy atom. The van der Waals surface area contributed by atoms with Gasteiger partial charge in [0.2, 0.25) is 0 Å². The van der Waals surface area contributed by atoms with Crippen LogP contribution in [-0.2, 0) is 6.42 Å². The van der Waals surface area contributed by atoms with Crippen LogP contribution in [0.25, 0.3) is 0 Å². The van der Waals surface area contributed by atoms with Crippen LogP contribution < -0.4 is 5.73 Å². The highest BCUT2D eigenvalue weighted by molar-refractivity contribution is 5.84. The molecule has 1 saturated carbocycles. The van der Waals surface area contributed by atoms with Crippen LogP contribution in [0.15, 0.2) is 11.3 Å². The number of aliphatic imine (C=N–C) groups is 1. The number of amidine groups is 1. The topological polar surface area (TPSA) is 79.9 Å². The monoisotopic (exact) mass is 179 g/mol. The quantitative estimate of drug-likeness (QED) is 0.508. The fourth-order valence-corrected chi connectivity index (χ4v) is 1.15. The van der Waals surface area contributed by atoms with Gasteiger partial charge in [0, 0.05) is 18.9 Å². The number of H-pyrrole nitrogens is 1. The van der Waals surface area contributed by atoms with E-state index in [1.54, 1.807) is 0 Å². The highest BCUT2D eigenvalue weighted by atomic mass is 15.2. The molecule has 0 atom stereocenters. The Morgan fingerprint density at radius 3 is 3.15 bits per heavy atom. The van der Waals surface area contributed by atoms with Crippen LogP contribution >= 0.6 is 0 Å². The Labute approximate surface area is 76.5 Å². The zero-order valence-electron chi connectivity index (χ0n) is 7.40. The fraction of sp³-hybridized carbons (Fsp3) is 0.625. The van der Waals surface area contributed by atoms with Gasteiger partial charge in [-0.05, 0) is 12.8 Å². The Hall–Kier alpha value is -1.39. The average molecular weight is 179 g/mol. The third-order valence-electron chi connectivity index (χ3n) is 2.10. The van der Waals surface area contributed by atoms with Crippen molar-refractivity contribution in [1.82, 2.24) is 15.2 Å². The van der Waals surface area contributed by atoms with Gasteiger partial charge in [-0.15, -0.1) is 0 Å². The van der Waals surface area contributed by atoms with E-state index in [0.717, 1.165) is 18.1 Å². The molecule has 1 heterocycles. The van der Waals surface area contributed by atoms with Crippen molar-refractivity contribution in [2.75, 3.05) is 6.54 Å². The minimum absolute atomic E-state index is 0.565. The molecule has 1 aromatic heterocycles. The van der Waals surface area contributed by atoms with E-state index < -0.39 is 0 Å². The maximum atomic E-state index is 5.72. The van der Waals surface area contributed by atoms with Gasteiger partial charge in [0.1, 0.15) is 12.2 Å². The Kier molecular flexibility index (Phi) is 2.25. The summed E-state index contributed by atoms with van der Waals surface area (Å²) in [7, 11) is 0. The molecule has 0 unspecified atom stereocenters. The van der Waals surface area contributed by atoms with Crippen molar-refractivity contribution < 1.29 is 0 Å². The highest BCUT2D eigenvalue weighted by Gasteiger charge is 2.24. The fourth-order valence-electron chi connectivity index (χ4n) is 1.15. The van der Waals surface area contributed by atoms with Gasteiger partial charge in [-0.1, -0.05) is 0 Å². The van der Waals surface area contributed by atoms with Gasteiger partial charge in [0.05, 0.1) is 5.84 Å². The lowest BCUT2D eigenvalue weighted by Gasteiger charge is -1.95. The van der Waals surface area contributed by atoms with Crippen LogP contribution in [-0.4, -0.2) is 27.6 Å². The average Bonchev–Trinajstić information content (AvgIpc) is 2.86. The summed E-state index contributed by atoms with van der Waals surface area (Å²) in [4.78, 5) is 8.26. The maximum Gasteiger partial charge on any atom is 0.137 e. The Bertz CT molecular complexity index is 285. The van der Waals surface area contributed by atoms with Gasteiger partial charge in [-0.2, -0.15) is 5.10 Å². The van der Waals surface area contributed by atoms with Gasteiger partial charge >= 0.3 is 0 Å². The van der Waals surface area contributed by atoms with Crippen molar-refractivity contribution in [1.29, 1.82) is 0 Å². The number of aromatic nitrogens is 3. The van der Waals surface area contributed by atoms with E-state index in [9.17, 15) is 0 Å². The van der Waals surface area contributed by atoms with Gasteiger partial charge in [-0.3, -0.25) is 10.1 Å². The predicted molar refractivity (Wildman–Crippen MR) is 49.3 cm³/mol. The number of nitrogens with two attached hydrogens (primary N) is 1. The van der Waals surface area contributed by atoms with Crippen LogP contribution in [0.4, 0.5) is 0 Å². The normalized spacial score (nSPS) is 17.7. The summed E-state index contributed by atoms with van der Waals surface area (Å²) in [5.74, 6) is 2.24. The van der Waals surface area contributed by atoms with Crippen LogP contribution in [0.2, 0.25) is 0 Å². The lowest BCUT2D eigenvalue weighted by Crippen LogP contribution is -2.14. The molecule has 1 aromatic rings. The predicted octanol–water partition coefficient (Wildman–Crippen LogP) is 0.114. The molecule has 3 N–H and O–H groups in total. The number of hydrogen-bond donors (Lipinski definition) is 2. The lowest BCUT2D eigenvalue weighted by atomic mass is 10.4. The number of rotatable bonds is 4. The molecule has 1 fully saturated rings. The van der Waals surface area contributed by atoms with E-state index in [-0.39, 0.29) is 0 Å². The molecule has 0 amide bonds. The third-order valence-corrected chi connectivity index (χ3v) is 2.10. The van der Waals surface area contributed by atoms with Crippen molar-refractivity contribution >= 4 is 5.84 Å². The zero-order valence-corrected chi connectivity index (χ0v) is 7.40. The molecule has 70 valence electrons. The first-order valence-electron chi connectivity index (χ1n) is 4.50. The van der Waals surface area contributed by atoms with Gasteiger partial charge in [-0.25, -0.2) is 4.98 Å². The minimum atomic E-state index is 0.565. The van der Waals surface area contributed by atoms with E-state index in [1.165, 1.54) is 19.2 Å². The standard InChI is InChI=1S/C8H13N5/c9-8(6-1-2-6)10-4-3-7-11-5-12-13-7/h5-6H,1-4H2,(H2,9,10)(H,11,12,13). The van der Waals surface area contributed by atoms with Crippen LogP contribution in [0.3, 0.4) is 0 Å². The Balaban J connectivity index is 1.76. The summed E-state index contributed by atoms with van der Waals surface area (Å²) in [6.07, 6.45) is 4.70. The summed E-state index contributed by atoms with van der Waals surface area (Å²) >= 11 is 0. The molecule has 5 heteroatoms. The summed E-state index contributed by atoms with van der Waals surface area (Å²) in [5.41, 5.74) is 5.72. The molecule has 2 rings (SSSR count). The number of nitrogens with zero attached hydrogens (tertiary/aromatic N) is 3. The molecule has 1 aliphatic rings. The van der Waals surface area contributed by atoms with E-state index in [1.807, 2.05) is 0 Å². The van der Waals surface area contributed by atoms with Crippen LogP contribution in [0.5, 0.6) is 0 Å². The third kappa shape index (κ3) is 2.27. The lowest BCUT2D eigenvalue weighted by molar-refractivity contribution is 0.867. The number of aromatic amines is 1. The molecule has 0 bridgehead atoms. The second-order valence-electron chi connectivity index (χ2n) is 3.26. The molecule has 0 aromatic carbocycles. The molecule has 0 radical (unpaired) electrons. The summed E-state index contributed by atoms with van der Waals surface area (Å²) < 4.78 is 0. The first-order chi connectivity index (χ1) is 6.36. The van der Waals surface area contributed by atoms with E-state index in [4.69, 9.17) is 5.73 Å². The molecular formula is C8H13N5. The van der Waals surface area contributed by atoms with Crippen molar-refractivity contribution in [3.8, 4) is 0 Å². The van der Waals surface area contributed by atoms with E-state index in [0.29, 0.717) is 12.5 Å². The number of nitrogens with one attached hydrogen (secondary N) is 1. The summed E-state index contributed by atoms with van der Waals surface area (Å²) in [5, 5.41) is 6.54. The molecule has 1 aliphatic carbocycles. The van der Waals surface area contributed by atoms with Gasteiger partial charge in [0.15, 0.2) is 0 Å². The smallest absolute Gasteiger partial charge is 0.137 e. The molecule has 0 spiro atoms. The minimum Gasteiger partial charge on any atom is -0.387 e. The maximum absolute atomic E-state index is 5.72. The second-order valence-corrected chi connectivity index (χ2v) is 3.26. The van der Waals surface area contributed by atoms with Crippen LogP contribution in [0.1, 0.15) is 18.7 Å². The molecule has 0 saturated heterocycles.